The van der Waals surface area contributed by atoms with Crippen LogP contribution < -0.4 is 5.32 Å². The van der Waals surface area contributed by atoms with Gasteiger partial charge in [0, 0.05) is 32.1 Å². The smallest absolute Gasteiger partial charge is 0.410 e. The molecule has 1 fully saturated rings. The predicted octanol–water partition coefficient (Wildman–Crippen LogP) is 2.53. The first-order valence-electron chi connectivity index (χ1n) is 7.42. The molecular weight excluding hydrogens is 254 g/mol. The summed E-state index contributed by atoms with van der Waals surface area (Å²) in [4.78, 5) is 13.9. The lowest BCUT2D eigenvalue weighted by Gasteiger charge is -2.36. The minimum Gasteiger partial charge on any atom is -0.444 e. The van der Waals surface area contributed by atoms with Gasteiger partial charge in [-0.15, -0.1) is 0 Å². The van der Waals surface area contributed by atoms with Crippen LogP contribution in [-0.2, 0) is 4.74 Å². The number of nitrogens with zero attached hydrogens (tertiary/aromatic N) is 2. The third-order valence-corrected chi connectivity index (χ3v) is 3.52. The normalized spacial score (nSPS) is 21.1. The molecule has 114 valence electrons. The fraction of sp³-hybridized carbons (Fsp3) is 0.867. The lowest BCUT2D eigenvalue weighted by Crippen LogP contribution is -2.48. The number of hydrogen-bond donors (Lipinski definition) is 1. The Labute approximate surface area is 122 Å². The van der Waals surface area contributed by atoms with Gasteiger partial charge in [-0.3, -0.25) is 0 Å². The van der Waals surface area contributed by atoms with Crippen molar-refractivity contribution in [3.63, 3.8) is 0 Å². The highest BCUT2D eigenvalue weighted by atomic mass is 16.6. The Morgan fingerprint density at radius 3 is 2.85 bits per heavy atom. The molecule has 1 heterocycles. The van der Waals surface area contributed by atoms with Crippen LogP contribution in [0.5, 0.6) is 0 Å². The van der Waals surface area contributed by atoms with Crippen molar-refractivity contribution in [1.82, 2.24) is 10.2 Å². The number of nitrogens with one attached hydrogen (secondary N) is 1. The van der Waals surface area contributed by atoms with Crippen molar-refractivity contribution in [3.8, 4) is 6.07 Å². The number of likely N-dealkylation sites (tertiary alicyclic amines) is 1. The molecule has 0 radical (unpaired) electrons. The Bertz CT molecular complexity index is 357. The molecule has 1 aliphatic rings. The molecular formula is C15H27N3O2. The first-order chi connectivity index (χ1) is 9.33. The van der Waals surface area contributed by atoms with Gasteiger partial charge in [0.2, 0.25) is 0 Å². The molecule has 1 aliphatic heterocycles. The summed E-state index contributed by atoms with van der Waals surface area (Å²) < 4.78 is 5.43. The summed E-state index contributed by atoms with van der Waals surface area (Å²) in [5.41, 5.74) is -0.444. The summed E-state index contributed by atoms with van der Waals surface area (Å²) in [5, 5.41) is 11.9. The van der Waals surface area contributed by atoms with Crippen LogP contribution in [0.4, 0.5) is 4.79 Å². The van der Waals surface area contributed by atoms with E-state index in [1.165, 1.54) is 0 Å². The highest BCUT2D eigenvalue weighted by Gasteiger charge is 2.29. The highest BCUT2D eigenvalue weighted by Crippen LogP contribution is 2.21. The average Bonchev–Trinajstić information content (AvgIpc) is 2.37. The number of rotatable bonds is 4. The Hall–Kier alpha value is -1.28. The van der Waals surface area contributed by atoms with Crippen LogP contribution >= 0.6 is 0 Å². The summed E-state index contributed by atoms with van der Waals surface area (Å²) in [6, 6.07) is 2.45. The number of nitriles is 1. The molecule has 0 spiro atoms. The maximum atomic E-state index is 12.1. The van der Waals surface area contributed by atoms with Gasteiger partial charge < -0.3 is 15.0 Å². The lowest BCUT2D eigenvalue weighted by atomic mass is 9.91. The van der Waals surface area contributed by atoms with E-state index >= 15 is 0 Å². The number of hydrogen-bond acceptors (Lipinski definition) is 4. The van der Waals surface area contributed by atoms with Crippen LogP contribution in [0.15, 0.2) is 0 Å². The molecule has 0 bridgehead atoms. The van der Waals surface area contributed by atoms with E-state index in [4.69, 9.17) is 10.00 Å². The SMILES string of the molecule is CC(NCCC#N)C1CCCN(C(=O)OC(C)(C)C)C1. The number of amides is 1. The van der Waals surface area contributed by atoms with Crippen molar-refractivity contribution in [2.45, 2.75) is 58.6 Å². The molecule has 5 nitrogen and oxygen atoms in total. The number of ether oxygens (including phenoxy) is 1. The average molecular weight is 281 g/mol. The topological polar surface area (TPSA) is 65.4 Å². The van der Waals surface area contributed by atoms with E-state index in [9.17, 15) is 4.79 Å². The summed E-state index contributed by atoms with van der Waals surface area (Å²) >= 11 is 0. The molecule has 1 N–H and O–H groups in total. The fourth-order valence-electron chi connectivity index (χ4n) is 2.43. The highest BCUT2D eigenvalue weighted by molar-refractivity contribution is 5.68. The van der Waals surface area contributed by atoms with Crippen LogP contribution in [0.25, 0.3) is 0 Å². The Morgan fingerprint density at radius 2 is 2.25 bits per heavy atom. The van der Waals surface area contributed by atoms with Gasteiger partial charge >= 0.3 is 6.09 Å². The van der Waals surface area contributed by atoms with E-state index in [1.807, 2.05) is 25.7 Å². The second kappa shape index (κ2) is 7.49. The zero-order chi connectivity index (χ0) is 15.2. The number of piperidine rings is 1. The van der Waals surface area contributed by atoms with Crippen LogP contribution in [0.3, 0.4) is 0 Å². The van der Waals surface area contributed by atoms with Gasteiger partial charge in [0.1, 0.15) is 5.60 Å². The second-order valence-corrected chi connectivity index (χ2v) is 6.48. The summed E-state index contributed by atoms with van der Waals surface area (Å²) in [5.74, 6) is 0.426. The Morgan fingerprint density at radius 1 is 1.55 bits per heavy atom. The van der Waals surface area contributed by atoms with Crippen molar-refractivity contribution in [1.29, 1.82) is 5.26 Å². The van der Waals surface area contributed by atoms with Gasteiger partial charge in [-0.1, -0.05) is 0 Å². The van der Waals surface area contributed by atoms with Crippen LogP contribution in [0.1, 0.15) is 47.0 Å². The van der Waals surface area contributed by atoms with Gasteiger partial charge in [0.05, 0.1) is 6.07 Å². The van der Waals surface area contributed by atoms with Crippen LogP contribution in [0.2, 0.25) is 0 Å². The monoisotopic (exact) mass is 281 g/mol. The third-order valence-electron chi connectivity index (χ3n) is 3.52. The quantitative estimate of drug-likeness (QED) is 0.804. The Balaban J connectivity index is 2.45. The van der Waals surface area contributed by atoms with Gasteiger partial charge in [-0.05, 0) is 46.5 Å². The molecule has 0 saturated carbocycles. The van der Waals surface area contributed by atoms with E-state index in [0.717, 1.165) is 25.9 Å². The third kappa shape index (κ3) is 5.79. The van der Waals surface area contributed by atoms with Crippen molar-refractivity contribution in [2.75, 3.05) is 19.6 Å². The van der Waals surface area contributed by atoms with Crippen molar-refractivity contribution in [2.24, 2.45) is 5.92 Å². The van der Waals surface area contributed by atoms with Gasteiger partial charge in [0.15, 0.2) is 0 Å². The molecule has 0 aromatic heterocycles. The largest absolute Gasteiger partial charge is 0.444 e. The number of carbonyl (C=O) groups is 1. The maximum Gasteiger partial charge on any atom is 0.410 e. The van der Waals surface area contributed by atoms with Gasteiger partial charge in [0.25, 0.3) is 0 Å². The first-order valence-corrected chi connectivity index (χ1v) is 7.42. The fourth-order valence-corrected chi connectivity index (χ4v) is 2.43. The minimum atomic E-state index is -0.444. The molecule has 0 aliphatic carbocycles. The van der Waals surface area contributed by atoms with Crippen molar-refractivity contribution < 1.29 is 9.53 Å². The van der Waals surface area contributed by atoms with E-state index < -0.39 is 5.60 Å². The first kappa shape index (κ1) is 16.8. The van der Waals surface area contributed by atoms with E-state index in [1.54, 1.807) is 0 Å². The van der Waals surface area contributed by atoms with Gasteiger partial charge in [-0.25, -0.2) is 4.79 Å². The molecule has 0 aromatic rings. The molecule has 2 unspecified atom stereocenters. The molecule has 2 atom stereocenters. The predicted molar refractivity (Wildman–Crippen MR) is 78.2 cm³/mol. The van der Waals surface area contributed by atoms with E-state index in [0.29, 0.717) is 24.9 Å². The van der Waals surface area contributed by atoms with E-state index in [-0.39, 0.29) is 6.09 Å². The van der Waals surface area contributed by atoms with Crippen molar-refractivity contribution in [3.05, 3.63) is 0 Å². The molecule has 1 amide bonds. The second-order valence-electron chi connectivity index (χ2n) is 6.48. The molecule has 20 heavy (non-hydrogen) atoms. The standard InChI is InChI=1S/C15H27N3O2/c1-12(17-9-6-8-16)13-7-5-10-18(11-13)14(19)20-15(2,3)4/h12-13,17H,5-7,9-11H2,1-4H3. The Kier molecular flexibility index (Phi) is 6.28. The molecule has 1 rings (SSSR count). The molecule has 0 aromatic carbocycles. The minimum absolute atomic E-state index is 0.216. The van der Waals surface area contributed by atoms with Gasteiger partial charge in [-0.2, -0.15) is 5.26 Å². The van der Waals surface area contributed by atoms with Crippen LogP contribution in [0, 0.1) is 17.2 Å². The number of carbonyl (C=O) groups excluding carboxylic acids is 1. The van der Waals surface area contributed by atoms with Crippen molar-refractivity contribution >= 4 is 6.09 Å². The zero-order valence-corrected chi connectivity index (χ0v) is 13.1. The maximum absolute atomic E-state index is 12.1. The summed E-state index contributed by atoms with van der Waals surface area (Å²) in [6.45, 7) is 10.0. The summed E-state index contributed by atoms with van der Waals surface area (Å²) in [6.07, 6.45) is 2.42. The van der Waals surface area contributed by atoms with Crippen LogP contribution in [-0.4, -0.2) is 42.3 Å². The van der Waals surface area contributed by atoms with E-state index in [2.05, 4.69) is 18.3 Å². The molecule has 5 heteroatoms. The lowest BCUT2D eigenvalue weighted by molar-refractivity contribution is 0.0149. The zero-order valence-electron chi connectivity index (χ0n) is 13.1. The molecule has 1 saturated heterocycles. The summed E-state index contributed by atoms with van der Waals surface area (Å²) in [7, 11) is 0.